The summed E-state index contributed by atoms with van der Waals surface area (Å²) >= 11 is 6.11. The van der Waals surface area contributed by atoms with E-state index in [1.807, 2.05) is 36.4 Å². The third-order valence-electron chi connectivity index (χ3n) is 5.63. The number of nitrogens with zero attached hydrogens (tertiary/aromatic N) is 2. The van der Waals surface area contributed by atoms with Crippen LogP contribution in [0.25, 0.3) is 0 Å². The van der Waals surface area contributed by atoms with E-state index in [1.165, 1.54) is 17.2 Å². The lowest BCUT2D eigenvalue weighted by atomic mass is 9.96. The molecule has 0 saturated carbocycles. The number of hydrogen-bond acceptors (Lipinski definition) is 4. The van der Waals surface area contributed by atoms with E-state index in [-0.39, 0.29) is 6.04 Å². The van der Waals surface area contributed by atoms with Crippen LogP contribution in [0.1, 0.15) is 17.2 Å². The van der Waals surface area contributed by atoms with Crippen LogP contribution in [0.3, 0.4) is 0 Å². The van der Waals surface area contributed by atoms with E-state index in [9.17, 15) is 9.59 Å². The Morgan fingerprint density at radius 1 is 0.844 bits per heavy atom. The van der Waals surface area contributed by atoms with E-state index in [2.05, 4.69) is 34.5 Å². The van der Waals surface area contributed by atoms with Gasteiger partial charge in [-0.1, -0.05) is 72.3 Å². The predicted octanol–water partition coefficient (Wildman–Crippen LogP) is 3.79. The molecule has 2 amide bonds. The van der Waals surface area contributed by atoms with Crippen molar-refractivity contribution >= 4 is 34.8 Å². The van der Waals surface area contributed by atoms with E-state index >= 15 is 0 Å². The zero-order valence-electron chi connectivity index (χ0n) is 17.6. The van der Waals surface area contributed by atoms with E-state index in [0.29, 0.717) is 42.6 Å². The van der Waals surface area contributed by atoms with E-state index in [4.69, 9.17) is 17.3 Å². The molecule has 1 aliphatic rings. The lowest BCUT2D eigenvalue weighted by Gasteiger charge is -2.39. The number of nitrogen functional groups attached to an aromatic ring is 1. The molecule has 0 aromatic heterocycles. The maximum absolute atomic E-state index is 12.7. The predicted molar refractivity (Wildman–Crippen MR) is 127 cm³/mol. The number of nitrogens with one attached hydrogen (secondary N) is 1. The second-order valence-electron chi connectivity index (χ2n) is 7.75. The molecule has 0 spiro atoms. The number of benzene rings is 3. The van der Waals surface area contributed by atoms with Crippen LogP contribution in [0.15, 0.2) is 78.9 Å². The lowest BCUT2D eigenvalue weighted by molar-refractivity contribution is -0.144. The molecule has 1 heterocycles. The van der Waals surface area contributed by atoms with Crippen LogP contribution in [0, 0.1) is 0 Å². The standard InChI is InChI=1S/C25H25ClN4O2/c26-21-17-20(27)11-12-22(21)28-24(31)25(32)30-15-13-29(14-16-30)23(18-7-3-1-4-8-18)19-9-5-2-6-10-19/h1-12,17,23H,13-16,27H2,(H,28,31). The maximum atomic E-state index is 12.7. The SMILES string of the molecule is Nc1ccc(NC(=O)C(=O)N2CCN(C(c3ccccc3)c3ccccc3)CC2)c(Cl)c1. The minimum atomic E-state index is -0.701. The highest BCUT2D eigenvalue weighted by molar-refractivity contribution is 6.41. The summed E-state index contributed by atoms with van der Waals surface area (Å²) in [7, 11) is 0. The summed E-state index contributed by atoms with van der Waals surface area (Å²) in [4.78, 5) is 29.2. The average molecular weight is 449 g/mol. The molecule has 1 aliphatic heterocycles. The third kappa shape index (κ3) is 4.93. The van der Waals surface area contributed by atoms with E-state index in [0.717, 1.165) is 0 Å². The van der Waals surface area contributed by atoms with Gasteiger partial charge < -0.3 is 16.0 Å². The number of piperazine rings is 1. The average Bonchev–Trinajstić information content (AvgIpc) is 2.82. The van der Waals surface area contributed by atoms with Crippen molar-refractivity contribution in [1.29, 1.82) is 0 Å². The van der Waals surface area contributed by atoms with Gasteiger partial charge in [-0.15, -0.1) is 0 Å². The minimum absolute atomic E-state index is 0.0945. The molecule has 0 unspecified atom stereocenters. The van der Waals surface area contributed by atoms with Crippen LogP contribution in [0.2, 0.25) is 5.02 Å². The van der Waals surface area contributed by atoms with Crippen molar-refractivity contribution in [3.63, 3.8) is 0 Å². The van der Waals surface area contributed by atoms with Crippen LogP contribution in [-0.4, -0.2) is 47.8 Å². The molecule has 164 valence electrons. The van der Waals surface area contributed by atoms with Crippen LogP contribution < -0.4 is 11.1 Å². The first-order chi connectivity index (χ1) is 15.5. The van der Waals surface area contributed by atoms with Crippen molar-refractivity contribution in [2.45, 2.75) is 6.04 Å². The lowest BCUT2D eigenvalue weighted by Crippen LogP contribution is -2.52. The highest BCUT2D eigenvalue weighted by Gasteiger charge is 2.30. The first-order valence-electron chi connectivity index (χ1n) is 10.5. The molecule has 0 radical (unpaired) electrons. The van der Waals surface area contributed by atoms with Crippen molar-refractivity contribution in [2.24, 2.45) is 0 Å². The Kier molecular flexibility index (Phi) is 6.73. The molecule has 4 rings (SSSR count). The smallest absolute Gasteiger partial charge is 0.313 e. The molecule has 0 aliphatic carbocycles. The van der Waals surface area contributed by atoms with Gasteiger partial charge in [-0.05, 0) is 29.3 Å². The fourth-order valence-electron chi connectivity index (χ4n) is 4.02. The number of carbonyl (C=O) groups is 2. The first-order valence-corrected chi connectivity index (χ1v) is 10.9. The van der Waals surface area contributed by atoms with Gasteiger partial charge >= 0.3 is 11.8 Å². The Morgan fingerprint density at radius 2 is 1.41 bits per heavy atom. The summed E-state index contributed by atoms with van der Waals surface area (Å²) in [6.07, 6.45) is 0. The first kappa shape index (κ1) is 21.9. The Balaban J connectivity index is 1.43. The summed E-state index contributed by atoms with van der Waals surface area (Å²) in [6, 6.07) is 25.5. The minimum Gasteiger partial charge on any atom is -0.399 e. The summed E-state index contributed by atoms with van der Waals surface area (Å²) < 4.78 is 0. The highest BCUT2D eigenvalue weighted by Crippen LogP contribution is 2.29. The van der Waals surface area contributed by atoms with Gasteiger partial charge in [-0.2, -0.15) is 0 Å². The van der Waals surface area contributed by atoms with Gasteiger partial charge in [0.05, 0.1) is 16.8 Å². The van der Waals surface area contributed by atoms with Gasteiger partial charge in [0, 0.05) is 31.9 Å². The monoisotopic (exact) mass is 448 g/mol. The summed E-state index contributed by atoms with van der Waals surface area (Å²) in [5.74, 6) is -1.26. The molecule has 7 heteroatoms. The maximum Gasteiger partial charge on any atom is 0.313 e. The summed E-state index contributed by atoms with van der Waals surface area (Å²) in [5.41, 5.74) is 8.94. The number of anilines is 2. The van der Waals surface area contributed by atoms with Crippen molar-refractivity contribution < 1.29 is 9.59 Å². The Hall–Kier alpha value is -3.35. The van der Waals surface area contributed by atoms with Gasteiger partial charge in [0.15, 0.2) is 0 Å². The fourth-order valence-corrected chi connectivity index (χ4v) is 4.26. The molecule has 0 bridgehead atoms. The molecule has 0 atom stereocenters. The van der Waals surface area contributed by atoms with Gasteiger partial charge in [-0.25, -0.2) is 0 Å². The molecule has 3 aromatic rings. The summed E-state index contributed by atoms with van der Waals surface area (Å²) in [5, 5.41) is 2.88. The topological polar surface area (TPSA) is 78.7 Å². The van der Waals surface area contributed by atoms with E-state index in [1.54, 1.807) is 17.0 Å². The van der Waals surface area contributed by atoms with Crippen LogP contribution >= 0.6 is 11.6 Å². The van der Waals surface area contributed by atoms with Crippen molar-refractivity contribution in [1.82, 2.24) is 9.80 Å². The number of rotatable bonds is 4. The van der Waals surface area contributed by atoms with Gasteiger partial charge in [0.2, 0.25) is 0 Å². The Labute approximate surface area is 192 Å². The van der Waals surface area contributed by atoms with Crippen LogP contribution in [-0.2, 0) is 9.59 Å². The zero-order chi connectivity index (χ0) is 22.5. The second kappa shape index (κ2) is 9.85. The quantitative estimate of drug-likeness (QED) is 0.470. The largest absolute Gasteiger partial charge is 0.399 e. The Morgan fingerprint density at radius 3 is 1.94 bits per heavy atom. The molecule has 1 fully saturated rings. The van der Waals surface area contributed by atoms with Gasteiger partial charge in [0.25, 0.3) is 0 Å². The number of halogens is 1. The van der Waals surface area contributed by atoms with Crippen LogP contribution in [0.5, 0.6) is 0 Å². The number of amides is 2. The van der Waals surface area contributed by atoms with Crippen molar-refractivity contribution in [3.8, 4) is 0 Å². The fraction of sp³-hybridized carbons (Fsp3) is 0.200. The molecular formula is C25H25ClN4O2. The molecular weight excluding hydrogens is 424 g/mol. The molecule has 3 N–H and O–H groups in total. The van der Waals surface area contributed by atoms with Crippen molar-refractivity contribution in [3.05, 3.63) is 95.0 Å². The highest BCUT2D eigenvalue weighted by atomic mass is 35.5. The van der Waals surface area contributed by atoms with Gasteiger partial charge in [0.1, 0.15) is 0 Å². The van der Waals surface area contributed by atoms with Gasteiger partial charge in [-0.3, -0.25) is 14.5 Å². The second-order valence-corrected chi connectivity index (χ2v) is 8.15. The van der Waals surface area contributed by atoms with Crippen molar-refractivity contribution in [2.75, 3.05) is 37.2 Å². The number of hydrogen-bond donors (Lipinski definition) is 2. The number of nitrogens with two attached hydrogens (primary N) is 1. The third-order valence-corrected chi connectivity index (χ3v) is 5.95. The number of carbonyl (C=O) groups excluding carboxylic acids is 2. The molecule has 3 aromatic carbocycles. The zero-order valence-corrected chi connectivity index (χ0v) is 18.3. The summed E-state index contributed by atoms with van der Waals surface area (Å²) in [6.45, 7) is 2.27. The Bertz CT molecular complexity index is 1040. The van der Waals surface area contributed by atoms with E-state index < -0.39 is 11.8 Å². The molecule has 1 saturated heterocycles. The van der Waals surface area contributed by atoms with Crippen LogP contribution in [0.4, 0.5) is 11.4 Å². The normalized spacial score (nSPS) is 14.4. The molecule has 6 nitrogen and oxygen atoms in total. The molecule has 32 heavy (non-hydrogen) atoms.